The number of alkyl halides is 2. The van der Waals surface area contributed by atoms with Gasteiger partial charge in [-0.2, -0.15) is 0 Å². The molecule has 0 radical (unpaired) electrons. The number of halogens is 2. The highest BCUT2D eigenvalue weighted by Gasteiger charge is 2.43. The zero-order valence-electron chi connectivity index (χ0n) is 10.6. The Morgan fingerprint density at radius 3 is 2.59 bits per heavy atom. The molecule has 1 heterocycles. The standard InChI is InChI=1S/C11H19Cl2NO3/c1-7(2)16-6-8-5-14(10(15)9(12)13)11(3,4)17-8/h7-9H,5-6H2,1-4H3. The first-order valence-corrected chi connectivity index (χ1v) is 6.50. The van der Waals surface area contributed by atoms with Crippen LogP contribution in [0.15, 0.2) is 0 Å². The van der Waals surface area contributed by atoms with Crippen LogP contribution in [0, 0.1) is 0 Å². The molecule has 1 aliphatic rings. The highest BCUT2D eigenvalue weighted by molar-refractivity contribution is 6.53. The number of carbonyl (C=O) groups excluding carboxylic acids is 1. The van der Waals surface area contributed by atoms with Gasteiger partial charge in [0.1, 0.15) is 11.8 Å². The maximum Gasteiger partial charge on any atom is 0.258 e. The molecule has 17 heavy (non-hydrogen) atoms. The maximum absolute atomic E-state index is 11.8. The van der Waals surface area contributed by atoms with Gasteiger partial charge in [-0.05, 0) is 27.7 Å². The summed E-state index contributed by atoms with van der Waals surface area (Å²) in [4.78, 5) is 12.3. The van der Waals surface area contributed by atoms with E-state index < -0.39 is 10.6 Å². The van der Waals surface area contributed by atoms with Crippen molar-refractivity contribution in [3.8, 4) is 0 Å². The average Bonchev–Trinajstić information content (AvgIpc) is 2.49. The number of hydrogen-bond acceptors (Lipinski definition) is 3. The van der Waals surface area contributed by atoms with Crippen LogP contribution >= 0.6 is 23.2 Å². The fourth-order valence-electron chi connectivity index (χ4n) is 1.79. The van der Waals surface area contributed by atoms with Crippen molar-refractivity contribution in [1.82, 2.24) is 4.90 Å². The van der Waals surface area contributed by atoms with Crippen LogP contribution in [0.2, 0.25) is 0 Å². The van der Waals surface area contributed by atoms with Crippen molar-refractivity contribution in [2.24, 2.45) is 0 Å². The van der Waals surface area contributed by atoms with Gasteiger partial charge in [0, 0.05) is 0 Å². The van der Waals surface area contributed by atoms with E-state index in [2.05, 4.69) is 0 Å². The van der Waals surface area contributed by atoms with Crippen molar-refractivity contribution in [3.05, 3.63) is 0 Å². The third-order valence-corrected chi connectivity index (χ3v) is 2.93. The Hall–Kier alpha value is -0.0300. The minimum Gasteiger partial charge on any atom is -0.376 e. The second kappa shape index (κ2) is 5.74. The Bertz CT molecular complexity index is 282. The van der Waals surface area contributed by atoms with Gasteiger partial charge in [0.25, 0.3) is 5.91 Å². The third kappa shape index (κ3) is 3.98. The maximum atomic E-state index is 11.8. The van der Waals surface area contributed by atoms with Crippen LogP contribution in [-0.2, 0) is 14.3 Å². The van der Waals surface area contributed by atoms with Crippen LogP contribution in [-0.4, -0.2) is 46.7 Å². The van der Waals surface area contributed by atoms with Crippen molar-refractivity contribution in [2.75, 3.05) is 13.2 Å². The molecule has 0 saturated carbocycles. The van der Waals surface area contributed by atoms with Gasteiger partial charge in [-0.3, -0.25) is 4.79 Å². The molecule has 100 valence electrons. The highest BCUT2D eigenvalue weighted by Crippen LogP contribution is 2.29. The van der Waals surface area contributed by atoms with Gasteiger partial charge in [0.2, 0.25) is 0 Å². The first-order valence-electron chi connectivity index (χ1n) is 5.63. The Morgan fingerprint density at radius 2 is 2.12 bits per heavy atom. The monoisotopic (exact) mass is 283 g/mol. The lowest BCUT2D eigenvalue weighted by atomic mass is 10.2. The number of hydrogen-bond donors (Lipinski definition) is 0. The predicted octanol–water partition coefficient (Wildman–Crippen LogP) is 2.18. The van der Waals surface area contributed by atoms with Crippen LogP contribution < -0.4 is 0 Å². The minimum atomic E-state index is -1.05. The molecule has 0 bridgehead atoms. The summed E-state index contributed by atoms with van der Waals surface area (Å²) in [7, 11) is 0. The van der Waals surface area contributed by atoms with Gasteiger partial charge in [0.15, 0.2) is 4.84 Å². The SMILES string of the molecule is CC(C)OCC1CN(C(=O)C(Cl)Cl)C(C)(C)O1. The van der Waals surface area contributed by atoms with Crippen molar-refractivity contribution >= 4 is 29.1 Å². The van der Waals surface area contributed by atoms with E-state index in [-0.39, 0.29) is 18.1 Å². The Kier molecular flexibility index (Phi) is 5.07. The largest absolute Gasteiger partial charge is 0.376 e. The molecule has 1 saturated heterocycles. The van der Waals surface area contributed by atoms with Gasteiger partial charge in [0.05, 0.1) is 19.3 Å². The summed E-state index contributed by atoms with van der Waals surface area (Å²) in [6, 6.07) is 0. The van der Waals surface area contributed by atoms with E-state index >= 15 is 0 Å². The van der Waals surface area contributed by atoms with Crippen molar-refractivity contribution < 1.29 is 14.3 Å². The highest BCUT2D eigenvalue weighted by atomic mass is 35.5. The summed E-state index contributed by atoms with van der Waals surface area (Å²) in [6.45, 7) is 8.45. The molecule has 0 aromatic rings. The number of carbonyl (C=O) groups is 1. The smallest absolute Gasteiger partial charge is 0.258 e. The predicted molar refractivity (Wildman–Crippen MR) is 67.2 cm³/mol. The van der Waals surface area contributed by atoms with E-state index in [0.29, 0.717) is 13.2 Å². The third-order valence-electron chi connectivity index (χ3n) is 2.56. The average molecular weight is 284 g/mol. The molecule has 1 unspecified atom stereocenters. The van der Waals surface area contributed by atoms with E-state index in [1.54, 1.807) is 4.90 Å². The van der Waals surface area contributed by atoms with Crippen LogP contribution in [0.3, 0.4) is 0 Å². The lowest BCUT2D eigenvalue weighted by molar-refractivity contribution is -0.145. The molecule has 0 aromatic carbocycles. The summed E-state index contributed by atoms with van der Waals surface area (Å²) >= 11 is 11.2. The second-order valence-corrected chi connectivity index (χ2v) is 5.91. The van der Waals surface area contributed by atoms with Gasteiger partial charge >= 0.3 is 0 Å². The molecular formula is C11H19Cl2NO3. The lowest BCUT2D eigenvalue weighted by Gasteiger charge is -2.30. The first-order chi connectivity index (χ1) is 7.74. The molecule has 1 fully saturated rings. The summed E-state index contributed by atoms with van der Waals surface area (Å²) in [5.41, 5.74) is -0.690. The summed E-state index contributed by atoms with van der Waals surface area (Å²) in [5.74, 6) is -0.328. The molecule has 0 aliphatic carbocycles. The fraction of sp³-hybridized carbons (Fsp3) is 0.909. The molecule has 6 heteroatoms. The Balaban J connectivity index is 2.60. The van der Waals surface area contributed by atoms with Gasteiger partial charge in [-0.25, -0.2) is 0 Å². The van der Waals surface area contributed by atoms with Gasteiger partial charge < -0.3 is 14.4 Å². The summed E-state index contributed by atoms with van der Waals surface area (Å²) < 4.78 is 11.2. The van der Waals surface area contributed by atoms with Crippen LogP contribution in [0.1, 0.15) is 27.7 Å². The fourth-order valence-corrected chi connectivity index (χ4v) is 2.03. The zero-order chi connectivity index (χ0) is 13.2. The topological polar surface area (TPSA) is 38.8 Å². The summed E-state index contributed by atoms with van der Waals surface area (Å²) in [6.07, 6.45) is 0.00343. The van der Waals surface area contributed by atoms with Crippen LogP contribution in [0.4, 0.5) is 0 Å². The van der Waals surface area contributed by atoms with Crippen LogP contribution in [0.25, 0.3) is 0 Å². The van der Waals surface area contributed by atoms with E-state index in [9.17, 15) is 4.79 Å². The molecule has 4 nitrogen and oxygen atoms in total. The number of rotatable bonds is 4. The van der Waals surface area contributed by atoms with E-state index in [4.69, 9.17) is 32.7 Å². The number of amides is 1. The molecule has 1 rings (SSSR count). The van der Waals surface area contributed by atoms with Crippen molar-refractivity contribution in [2.45, 2.75) is 50.5 Å². The van der Waals surface area contributed by atoms with Crippen molar-refractivity contribution in [1.29, 1.82) is 0 Å². The van der Waals surface area contributed by atoms with Gasteiger partial charge in [-0.1, -0.05) is 23.2 Å². The number of ether oxygens (including phenoxy) is 2. The minimum absolute atomic E-state index is 0.136. The van der Waals surface area contributed by atoms with Crippen molar-refractivity contribution in [3.63, 3.8) is 0 Å². The Morgan fingerprint density at radius 1 is 1.53 bits per heavy atom. The summed E-state index contributed by atoms with van der Waals surface area (Å²) in [5, 5.41) is 0. The second-order valence-electron chi connectivity index (χ2n) is 4.82. The molecule has 0 spiro atoms. The molecule has 0 aromatic heterocycles. The molecule has 0 N–H and O–H groups in total. The molecular weight excluding hydrogens is 265 g/mol. The molecule has 1 atom stereocenters. The molecule has 1 aliphatic heterocycles. The quantitative estimate of drug-likeness (QED) is 0.743. The normalized spacial score (nSPS) is 23.8. The van der Waals surface area contributed by atoms with Gasteiger partial charge in [-0.15, -0.1) is 0 Å². The zero-order valence-corrected chi connectivity index (χ0v) is 12.1. The molecule has 1 amide bonds. The van der Waals surface area contributed by atoms with E-state index in [0.717, 1.165) is 0 Å². The van der Waals surface area contributed by atoms with E-state index in [1.807, 2.05) is 27.7 Å². The Labute approximate surface area is 112 Å². The van der Waals surface area contributed by atoms with E-state index in [1.165, 1.54) is 0 Å². The first kappa shape index (κ1) is 15.0. The van der Waals surface area contributed by atoms with Crippen LogP contribution in [0.5, 0.6) is 0 Å². The number of nitrogens with zero attached hydrogens (tertiary/aromatic N) is 1. The lowest BCUT2D eigenvalue weighted by Crippen LogP contribution is -2.45.